The van der Waals surface area contributed by atoms with Gasteiger partial charge in [0, 0.05) is 41.0 Å². The molecule has 0 amide bonds. The molecule has 1 aromatic heterocycles. The van der Waals surface area contributed by atoms with Crippen molar-refractivity contribution in [3.8, 4) is 0 Å². The van der Waals surface area contributed by atoms with Gasteiger partial charge in [0.2, 0.25) is 0 Å². The van der Waals surface area contributed by atoms with Crippen molar-refractivity contribution in [3.05, 3.63) is 41.1 Å². The van der Waals surface area contributed by atoms with Crippen LogP contribution in [0.1, 0.15) is 48.4 Å². The van der Waals surface area contributed by atoms with E-state index in [1.165, 1.54) is 27.7 Å². The Morgan fingerprint density at radius 3 is 3.08 bits per heavy atom. The van der Waals surface area contributed by atoms with Crippen LogP contribution in [0.4, 0.5) is 0 Å². The molecule has 4 atom stereocenters. The minimum Gasteiger partial charge on any atom is -0.481 e. The smallest absolute Gasteiger partial charge is 0.307 e. The average molecular weight is 322 g/mol. The van der Waals surface area contributed by atoms with Crippen molar-refractivity contribution in [1.29, 1.82) is 0 Å². The minimum atomic E-state index is -0.649. The summed E-state index contributed by atoms with van der Waals surface area (Å²) in [5, 5.41) is 11.0. The van der Waals surface area contributed by atoms with Crippen molar-refractivity contribution in [3.63, 3.8) is 0 Å². The molecule has 0 spiro atoms. The summed E-state index contributed by atoms with van der Waals surface area (Å²) in [5.74, 6) is -0.211. The molecule has 4 nitrogen and oxygen atoms in total. The molecular weight excluding hydrogens is 300 g/mol. The first-order valence-electron chi connectivity index (χ1n) is 8.98. The largest absolute Gasteiger partial charge is 0.481 e. The van der Waals surface area contributed by atoms with E-state index in [1.54, 1.807) is 0 Å². The van der Waals surface area contributed by atoms with Crippen LogP contribution in [-0.2, 0) is 4.79 Å². The number of likely N-dealkylation sites (tertiary alicyclic amines) is 1. The summed E-state index contributed by atoms with van der Waals surface area (Å²) < 4.78 is 0. The van der Waals surface area contributed by atoms with E-state index >= 15 is 0 Å². The highest BCUT2D eigenvalue weighted by Gasteiger charge is 2.48. The van der Waals surface area contributed by atoms with E-state index in [0.29, 0.717) is 24.4 Å². The monoisotopic (exact) mass is 322 g/mol. The first-order chi connectivity index (χ1) is 11.7. The Morgan fingerprint density at radius 2 is 2.29 bits per heavy atom. The summed E-state index contributed by atoms with van der Waals surface area (Å²) in [6, 6.07) is 6.87. The van der Waals surface area contributed by atoms with Gasteiger partial charge in [-0.15, -0.1) is 0 Å². The van der Waals surface area contributed by atoms with Gasteiger partial charge >= 0.3 is 5.97 Å². The number of carboxylic acids is 1. The molecule has 0 saturated carbocycles. The van der Waals surface area contributed by atoms with Crippen molar-refractivity contribution in [1.82, 2.24) is 9.88 Å². The summed E-state index contributed by atoms with van der Waals surface area (Å²) in [5.41, 5.74) is 5.24. The number of aromatic nitrogens is 1. The van der Waals surface area contributed by atoms with Crippen LogP contribution in [0.2, 0.25) is 0 Å². The lowest BCUT2D eigenvalue weighted by Gasteiger charge is -2.48. The van der Waals surface area contributed by atoms with Gasteiger partial charge in [-0.2, -0.15) is 0 Å². The number of H-pyrrole nitrogens is 1. The third-order valence-electron chi connectivity index (χ3n) is 6.18. The second-order valence-corrected chi connectivity index (χ2v) is 7.47. The van der Waals surface area contributed by atoms with Crippen LogP contribution in [0.5, 0.6) is 0 Å². The molecule has 0 radical (unpaired) electrons. The van der Waals surface area contributed by atoms with Gasteiger partial charge in [0.05, 0.1) is 5.92 Å². The SMILES string of the molecule is CCCN1C[C@H](C(=O)O)CC2c3cccc4[nH]c5c(c34)C(C=C5)[C@H]21. The molecule has 4 heteroatoms. The highest BCUT2D eigenvalue weighted by molar-refractivity contribution is 5.94. The van der Waals surface area contributed by atoms with E-state index in [-0.39, 0.29) is 5.92 Å². The molecular formula is C20H22N2O2. The van der Waals surface area contributed by atoms with Gasteiger partial charge in [-0.05, 0) is 42.7 Å². The Kier molecular flexibility index (Phi) is 2.95. The second-order valence-electron chi connectivity index (χ2n) is 7.47. The summed E-state index contributed by atoms with van der Waals surface area (Å²) in [4.78, 5) is 17.7. The first kappa shape index (κ1) is 14.3. The van der Waals surface area contributed by atoms with E-state index in [0.717, 1.165) is 19.4 Å². The maximum atomic E-state index is 11.7. The lowest BCUT2D eigenvalue weighted by atomic mass is 9.68. The zero-order valence-corrected chi connectivity index (χ0v) is 13.8. The molecule has 0 bridgehead atoms. The maximum Gasteiger partial charge on any atom is 0.307 e. The predicted molar refractivity (Wildman–Crippen MR) is 94.2 cm³/mol. The lowest BCUT2D eigenvalue weighted by Crippen LogP contribution is -2.52. The molecule has 3 aliphatic rings. The number of carboxylic acid groups (broad SMARTS) is 1. The van der Waals surface area contributed by atoms with Crippen molar-refractivity contribution in [2.75, 3.05) is 13.1 Å². The zero-order chi connectivity index (χ0) is 16.4. The number of benzene rings is 1. The number of nitrogens with zero attached hydrogens (tertiary/aromatic N) is 1. The molecule has 2 unspecified atom stereocenters. The van der Waals surface area contributed by atoms with Gasteiger partial charge in [0.25, 0.3) is 0 Å². The maximum absolute atomic E-state index is 11.7. The van der Waals surface area contributed by atoms with Gasteiger partial charge in [-0.3, -0.25) is 9.69 Å². The number of nitrogens with one attached hydrogen (secondary N) is 1. The van der Waals surface area contributed by atoms with Crippen LogP contribution in [0.25, 0.3) is 17.0 Å². The Bertz CT molecular complexity index is 866. The molecule has 5 rings (SSSR count). The van der Waals surface area contributed by atoms with E-state index in [9.17, 15) is 9.90 Å². The fraction of sp³-hybridized carbons (Fsp3) is 0.450. The third kappa shape index (κ3) is 1.75. The van der Waals surface area contributed by atoms with Gasteiger partial charge < -0.3 is 10.1 Å². The average Bonchev–Trinajstić information content (AvgIpc) is 3.14. The fourth-order valence-electron chi connectivity index (χ4n) is 5.36. The number of aromatic amines is 1. The Hall–Kier alpha value is -2.07. The second kappa shape index (κ2) is 4.96. The van der Waals surface area contributed by atoms with Crippen LogP contribution >= 0.6 is 0 Å². The number of carbonyl (C=O) groups is 1. The van der Waals surface area contributed by atoms with Crippen molar-refractivity contribution >= 4 is 22.9 Å². The quantitative estimate of drug-likeness (QED) is 0.908. The van der Waals surface area contributed by atoms with Crippen molar-refractivity contribution in [2.45, 2.75) is 37.6 Å². The van der Waals surface area contributed by atoms with Gasteiger partial charge in [-0.1, -0.05) is 25.1 Å². The van der Waals surface area contributed by atoms with Crippen LogP contribution in [0.15, 0.2) is 24.3 Å². The first-order valence-corrected chi connectivity index (χ1v) is 8.98. The molecule has 1 fully saturated rings. The molecule has 2 aromatic rings. The van der Waals surface area contributed by atoms with Crippen LogP contribution in [-0.4, -0.2) is 40.1 Å². The molecule has 1 aliphatic heterocycles. The predicted octanol–water partition coefficient (Wildman–Crippen LogP) is 3.56. The van der Waals surface area contributed by atoms with Gasteiger partial charge in [0.15, 0.2) is 0 Å². The standard InChI is InChI=1S/C20H22N2O2/c1-2-8-22-10-11(20(23)24)9-14-12-4-3-5-15-17(12)18-13(19(14)22)6-7-16(18)21-15/h3-7,11,13-14,19,21H,2,8-10H2,1H3,(H,23,24)/t11-,13?,14?,19-/m1/s1. The van der Waals surface area contributed by atoms with Crippen molar-refractivity contribution < 1.29 is 9.90 Å². The summed E-state index contributed by atoms with van der Waals surface area (Å²) in [7, 11) is 0. The zero-order valence-electron chi connectivity index (χ0n) is 13.8. The van der Waals surface area contributed by atoms with Gasteiger partial charge in [0.1, 0.15) is 0 Å². The summed E-state index contributed by atoms with van der Waals surface area (Å²) in [6.07, 6.45) is 6.37. The number of aliphatic carboxylic acids is 1. The molecule has 1 saturated heterocycles. The van der Waals surface area contributed by atoms with E-state index in [4.69, 9.17) is 0 Å². The van der Waals surface area contributed by atoms with E-state index in [1.807, 2.05) is 0 Å². The van der Waals surface area contributed by atoms with Crippen LogP contribution in [0, 0.1) is 5.92 Å². The van der Waals surface area contributed by atoms with E-state index < -0.39 is 5.97 Å². The lowest BCUT2D eigenvalue weighted by molar-refractivity contribution is -0.144. The molecule has 1 aromatic carbocycles. The molecule has 2 heterocycles. The summed E-state index contributed by atoms with van der Waals surface area (Å²) in [6.45, 7) is 3.83. The Labute approximate surface area is 141 Å². The van der Waals surface area contributed by atoms with E-state index in [2.05, 4.69) is 47.2 Å². The number of fused-ring (bicyclic) bond motifs is 3. The van der Waals surface area contributed by atoms with Crippen LogP contribution in [0.3, 0.4) is 0 Å². The van der Waals surface area contributed by atoms with Gasteiger partial charge in [-0.25, -0.2) is 0 Å². The minimum absolute atomic E-state index is 0.265. The summed E-state index contributed by atoms with van der Waals surface area (Å²) >= 11 is 0. The normalized spacial score (nSPS) is 30.7. The fourth-order valence-corrected chi connectivity index (χ4v) is 5.36. The highest BCUT2D eigenvalue weighted by atomic mass is 16.4. The third-order valence-corrected chi connectivity index (χ3v) is 6.18. The molecule has 2 aliphatic carbocycles. The topological polar surface area (TPSA) is 56.3 Å². The Morgan fingerprint density at radius 1 is 1.42 bits per heavy atom. The number of rotatable bonds is 3. The highest BCUT2D eigenvalue weighted by Crippen LogP contribution is 2.53. The number of hydrogen-bond acceptors (Lipinski definition) is 2. The molecule has 24 heavy (non-hydrogen) atoms. The number of hydrogen-bond donors (Lipinski definition) is 2. The molecule has 2 N–H and O–H groups in total. The van der Waals surface area contributed by atoms with Crippen molar-refractivity contribution in [2.24, 2.45) is 5.92 Å². The number of piperidine rings is 1. The molecule has 124 valence electrons. The van der Waals surface area contributed by atoms with Crippen LogP contribution < -0.4 is 0 Å². The Balaban J connectivity index is 1.71.